The van der Waals surface area contributed by atoms with Crippen LogP contribution in [0.1, 0.15) is 18.4 Å². The Hall–Kier alpha value is -2.53. The van der Waals surface area contributed by atoms with Crippen LogP contribution < -0.4 is 4.90 Å². The van der Waals surface area contributed by atoms with Gasteiger partial charge < -0.3 is 14.2 Å². The molecule has 0 radical (unpaired) electrons. The van der Waals surface area contributed by atoms with Crippen LogP contribution in [0, 0.1) is 0 Å². The van der Waals surface area contributed by atoms with Crippen LogP contribution in [0.5, 0.6) is 0 Å². The van der Waals surface area contributed by atoms with E-state index in [0.717, 1.165) is 17.5 Å². The highest BCUT2D eigenvalue weighted by molar-refractivity contribution is 7.89. The van der Waals surface area contributed by atoms with Crippen molar-refractivity contribution >= 4 is 44.6 Å². The molecule has 0 amide bonds. The number of aromatic nitrogens is 2. The first-order valence-corrected chi connectivity index (χ1v) is 11.6. The van der Waals surface area contributed by atoms with Gasteiger partial charge in [0.05, 0.1) is 24.4 Å². The lowest BCUT2D eigenvalue weighted by atomic mass is 10.0. The standard InChI is InChI=1S/C20H19ClN4O5S/c21-16-10-22-20(15-9-23-30-19(15)16)31(27,28)24-7-5-14(6-8-24)25-17-4-2-1-3-13(17)12-29-18(25)11-26/h1-4,9-11,14,18H,5-8,12H2. The molecule has 11 heteroatoms. The van der Waals surface area contributed by atoms with Crippen molar-refractivity contribution in [3.05, 3.63) is 47.2 Å². The molecule has 0 spiro atoms. The number of ether oxygens (including phenoxy) is 1. The third kappa shape index (κ3) is 3.39. The molecule has 0 saturated carbocycles. The number of benzene rings is 1. The van der Waals surface area contributed by atoms with Gasteiger partial charge in [-0.3, -0.25) is 4.79 Å². The molecule has 1 fully saturated rings. The van der Waals surface area contributed by atoms with Gasteiger partial charge >= 0.3 is 0 Å². The van der Waals surface area contributed by atoms with Crippen molar-refractivity contribution < 1.29 is 22.5 Å². The Balaban J connectivity index is 1.39. The lowest BCUT2D eigenvalue weighted by molar-refractivity contribution is -0.120. The predicted octanol–water partition coefficient (Wildman–Crippen LogP) is 2.59. The van der Waals surface area contributed by atoms with E-state index in [9.17, 15) is 13.2 Å². The molecule has 1 saturated heterocycles. The van der Waals surface area contributed by atoms with Gasteiger partial charge in [-0.15, -0.1) is 0 Å². The van der Waals surface area contributed by atoms with Gasteiger partial charge in [0.15, 0.2) is 23.1 Å². The number of carbonyl (C=O) groups excluding carboxylic acids is 1. The number of para-hydroxylation sites is 1. The molecule has 1 atom stereocenters. The number of anilines is 1. The van der Waals surface area contributed by atoms with Crippen LogP contribution in [0.4, 0.5) is 5.69 Å². The molecular formula is C20H19ClN4O5S. The van der Waals surface area contributed by atoms with Crippen molar-refractivity contribution in [2.24, 2.45) is 0 Å². The summed E-state index contributed by atoms with van der Waals surface area (Å²) in [6.07, 6.45) is 3.76. The number of aldehydes is 1. The predicted molar refractivity (Wildman–Crippen MR) is 112 cm³/mol. The lowest BCUT2D eigenvalue weighted by Gasteiger charge is -2.44. The summed E-state index contributed by atoms with van der Waals surface area (Å²) < 4.78 is 38.7. The summed E-state index contributed by atoms with van der Waals surface area (Å²) in [5.41, 5.74) is 2.16. The number of fused-ring (bicyclic) bond motifs is 2. The van der Waals surface area contributed by atoms with Gasteiger partial charge in [-0.2, -0.15) is 4.31 Å². The second-order valence-corrected chi connectivity index (χ2v) is 9.75. The van der Waals surface area contributed by atoms with Gasteiger partial charge in [-0.05, 0) is 18.9 Å². The average molecular weight is 463 g/mol. The molecule has 4 heterocycles. The molecule has 9 nitrogen and oxygen atoms in total. The van der Waals surface area contributed by atoms with Crippen molar-refractivity contribution in [1.82, 2.24) is 14.4 Å². The SMILES string of the molecule is O=CC1OCc2ccccc2N1C1CCN(S(=O)(=O)c2ncc(Cl)c3oncc23)CC1. The van der Waals surface area contributed by atoms with E-state index in [1.165, 1.54) is 16.7 Å². The number of pyridine rings is 1. The number of halogens is 1. The fourth-order valence-corrected chi connectivity index (χ4v) is 6.01. The number of rotatable bonds is 4. The molecule has 0 bridgehead atoms. The van der Waals surface area contributed by atoms with E-state index in [0.29, 0.717) is 19.4 Å². The molecule has 5 rings (SSSR count). The normalized spacial score (nSPS) is 20.7. The summed E-state index contributed by atoms with van der Waals surface area (Å²) in [5, 5.41) is 4.00. The van der Waals surface area contributed by atoms with Crippen molar-refractivity contribution in [3.8, 4) is 0 Å². The van der Waals surface area contributed by atoms with E-state index < -0.39 is 16.3 Å². The minimum Gasteiger partial charge on any atom is -0.355 e. The highest BCUT2D eigenvalue weighted by Crippen LogP contribution is 2.35. The van der Waals surface area contributed by atoms with Crippen LogP contribution >= 0.6 is 11.6 Å². The molecular weight excluding hydrogens is 444 g/mol. The fourth-order valence-electron chi connectivity index (χ4n) is 4.28. The fraction of sp³-hybridized carbons (Fsp3) is 0.350. The molecule has 0 N–H and O–H groups in total. The van der Waals surface area contributed by atoms with Gasteiger partial charge in [-0.1, -0.05) is 35.0 Å². The Morgan fingerprint density at radius 2 is 1.94 bits per heavy atom. The first-order valence-electron chi connectivity index (χ1n) is 9.83. The Bertz CT molecular complexity index is 1240. The molecule has 0 aliphatic carbocycles. The average Bonchev–Trinajstić information content (AvgIpc) is 3.29. The second-order valence-electron chi connectivity index (χ2n) is 7.49. The Morgan fingerprint density at radius 1 is 1.16 bits per heavy atom. The van der Waals surface area contributed by atoms with E-state index in [-0.39, 0.29) is 40.1 Å². The zero-order chi connectivity index (χ0) is 21.6. The molecule has 3 aromatic rings. The summed E-state index contributed by atoms with van der Waals surface area (Å²) in [5.74, 6) is 0. The van der Waals surface area contributed by atoms with E-state index >= 15 is 0 Å². The summed E-state index contributed by atoms with van der Waals surface area (Å²) in [6, 6.07) is 7.77. The number of hydrogen-bond acceptors (Lipinski definition) is 8. The third-order valence-electron chi connectivity index (χ3n) is 5.78. The molecule has 1 aromatic carbocycles. The molecule has 1 unspecified atom stereocenters. The van der Waals surface area contributed by atoms with Crippen LogP contribution in [-0.2, 0) is 26.2 Å². The summed E-state index contributed by atoms with van der Waals surface area (Å²) in [6.45, 7) is 0.947. The number of sulfonamides is 1. The number of piperidine rings is 1. The van der Waals surface area contributed by atoms with Gasteiger partial charge in [0.25, 0.3) is 10.0 Å². The zero-order valence-corrected chi connectivity index (χ0v) is 17.9. The van der Waals surface area contributed by atoms with Crippen LogP contribution in [0.3, 0.4) is 0 Å². The maximum atomic E-state index is 13.3. The number of nitrogens with zero attached hydrogens (tertiary/aromatic N) is 4. The molecule has 2 aromatic heterocycles. The number of carbonyl (C=O) groups is 1. The number of hydrogen-bond donors (Lipinski definition) is 0. The van der Waals surface area contributed by atoms with Crippen LogP contribution in [-0.4, -0.2) is 54.5 Å². The minimum atomic E-state index is -3.86. The van der Waals surface area contributed by atoms with Gasteiger partial charge in [-0.25, -0.2) is 13.4 Å². The van der Waals surface area contributed by atoms with Crippen molar-refractivity contribution in [3.63, 3.8) is 0 Å². The molecule has 162 valence electrons. The van der Waals surface area contributed by atoms with E-state index in [1.807, 2.05) is 29.2 Å². The molecule has 2 aliphatic rings. The van der Waals surface area contributed by atoms with E-state index in [4.69, 9.17) is 20.9 Å². The van der Waals surface area contributed by atoms with E-state index in [2.05, 4.69) is 10.1 Å². The van der Waals surface area contributed by atoms with Gasteiger partial charge in [0, 0.05) is 30.4 Å². The lowest BCUT2D eigenvalue weighted by Crippen LogP contribution is -2.53. The van der Waals surface area contributed by atoms with Gasteiger partial charge in [0.1, 0.15) is 5.02 Å². The van der Waals surface area contributed by atoms with Crippen LogP contribution in [0.25, 0.3) is 11.0 Å². The first kappa shape index (κ1) is 20.4. The zero-order valence-electron chi connectivity index (χ0n) is 16.3. The molecule has 2 aliphatic heterocycles. The van der Waals surface area contributed by atoms with Gasteiger partial charge in [0.2, 0.25) is 0 Å². The summed E-state index contributed by atoms with van der Waals surface area (Å²) >= 11 is 6.03. The van der Waals surface area contributed by atoms with Crippen molar-refractivity contribution in [2.45, 2.75) is 36.7 Å². The minimum absolute atomic E-state index is 0.0307. The highest BCUT2D eigenvalue weighted by Gasteiger charge is 2.38. The Kier molecular flexibility index (Phi) is 5.17. The topological polar surface area (TPSA) is 106 Å². The maximum absolute atomic E-state index is 13.3. The maximum Gasteiger partial charge on any atom is 0.261 e. The Labute approximate surface area is 183 Å². The highest BCUT2D eigenvalue weighted by atomic mass is 35.5. The third-order valence-corrected chi connectivity index (χ3v) is 7.91. The largest absolute Gasteiger partial charge is 0.355 e. The first-order chi connectivity index (χ1) is 15.0. The van der Waals surface area contributed by atoms with Crippen LogP contribution in [0.2, 0.25) is 5.02 Å². The van der Waals surface area contributed by atoms with Crippen molar-refractivity contribution in [2.75, 3.05) is 18.0 Å². The monoisotopic (exact) mass is 462 g/mol. The molecule has 31 heavy (non-hydrogen) atoms. The van der Waals surface area contributed by atoms with E-state index in [1.54, 1.807) is 0 Å². The van der Waals surface area contributed by atoms with Crippen LogP contribution in [0.15, 0.2) is 46.2 Å². The Morgan fingerprint density at radius 3 is 2.71 bits per heavy atom. The quantitative estimate of drug-likeness (QED) is 0.545. The smallest absolute Gasteiger partial charge is 0.261 e. The summed E-state index contributed by atoms with van der Waals surface area (Å²) in [4.78, 5) is 17.7. The summed E-state index contributed by atoms with van der Waals surface area (Å²) in [7, 11) is -3.86. The van der Waals surface area contributed by atoms with Crippen molar-refractivity contribution in [1.29, 1.82) is 0 Å². The second kappa shape index (κ2) is 7.86.